The number of nitrogens with one attached hydrogen (secondary N) is 3. The Hall–Kier alpha value is -2.24. The number of hydrogen-bond acceptors (Lipinski definition) is 5. The maximum atomic E-state index is 11.9. The van der Waals surface area contributed by atoms with Gasteiger partial charge in [0.05, 0.1) is 24.1 Å². The smallest absolute Gasteiger partial charge is 0.323 e. The maximum absolute atomic E-state index is 11.9. The van der Waals surface area contributed by atoms with Crippen LogP contribution in [0.4, 0.5) is 17.1 Å². The highest BCUT2D eigenvalue weighted by Gasteiger charge is 2.39. The lowest BCUT2D eigenvalue weighted by molar-refractivity contribution is -0.147. The number of carbonyl (C=O) groups is 2. The van der Waals surface area contributed by atoms with Gasteiger partial charge in [-0.05, 0) is 26.0 Å². The zero-order valence-electron chi connectivity index (χ0n) is 10.7. The second-order valence-corrected chi connectivity index (χ2v) is 4.67. The predicted octanol–water partition coefficient (Wildman–Crippen LogP) is 1.47. The van der Waals surface area contributed by atoms with Crippen LogP contribution in [0.15, 0.2) is 12.1 Å². The van der Waals surface area contributed by atoms with Gasteiger partial charge in [0, 0.05) is 11.3 Å². The molecule has 0 saturated heterocycles. The third kappa shape index (κ3) is 1.80. The number of benzene rings is 1. The molecular formula is C13H15N3O3. The van der Waals surface area contributed by atoms with Crippen LogP contribution in [0.3, 0.4) is 0 Å². The van der Waals surface area contributed by atoms with Gasteiger partial charge in [0.25, 0.3) is 0 Å². The highest BCUT2D eigenvalue weighted by molar-refractivity contribution is 6.15. The molecule has 3 N–H and O–H groups in total. The summed E-state index contributed by atoms with van der Waals surface area (Å²) in [7, 11) is 0. The van der Waals surface area contributed by atoms with E-state index in [0.717, 1.165) is 11.4 Å². The molecule has 100 valence electrons. The van der Waals surface area contributed by atoms with Crippen molar-refractivity contribution in [2.45, 2.75) is 25.9 Å². The molecule has 0 saturated carbocycles. The van der Waals surface area contributed by atoms with Crippen LogP contribution in [0.25, 0.3) is 0 Å². The summed E-state index contributed by atoms with van der Waals surface area (Å²) in [5.74, 6) is -1.69. The van der Waals surface area contributed by atoms with Crippen LogP contribution < -0.4 is 16.0 Å². The van der Waals surface area contributed by atoms with E-state index < -0.39 is 11.9 Å². The summed E-state index contributed by atoms with van der Waals surface area (Å²) < 4.78 is 4.96. The van der Waals surface area contributed by atoms with E-state index in [4.69, 9.17) is 4.74 Å². The fraction of sp³-hybridized carbons (Fsp3) is 0.385. The van der Waals surface area contributed by atoms with Gasteiger partial charge in [-0.2, -0.15) is 0 Å². The fourth-order valence-electron chi connectivity index (χ4n) is 2.51. The maximum Gasteiger partial charge on any atom is 0.323 e. The summed E-state index contributed by atoms with van der Waals surface area (Å²) in [6.07, 6.45) is 0.134. The Morgan fingerprint density at radius 3 is 2.63 bits per heavy atom. The minimum absolute atomic E-state index is 0.134. The van der Waals surface area contributed by atoms with Crippen molar-refractivity contribution in [1.82, 2.24) is 0 Å². The van der Waals surface area contributed by atoms with E-state index in [9.17, 15) is 9.59 Å². The van der Waals surface area contributed by atoms with Crippen molar-refractivity contribution in [3.05, 3.63) is 17.7 Å². The van der Waals surface area contributed by atoms with Gasteiger partial charge in [-0.3, -0.25) is 9.59 Å². The minimum atomic E-state index is -0.863. The van der Waals surface area contributed by atoms with E-state index in [1.807, 2.05) is 19.1 Å². The van der Waals surface area contributed by atoms with Crippen LogP contribution in [-0.2, 0) is 14.3 Å². The summed E-state index contributed by atoms with van der Waals surface area (Å²) in [6.45, 7) is 3.98. The molecule has 0 fully saturated rings. The number of hydrogen-bond donors (Lipinski definition) is 3. The fourth-order valence-corrected chi connectivity index (χ4v) is 2.51. The van der Waals surface area contributed by atoms with Crippen molar-refractivity contribution >= 4 is 28.9 Å². The first-order valence-electron chi connectivity index (χ1n) is 6.28. The van der Waals surface area contributed by atoms with Crippen molar-refractivity contribution < 1.29 is 14.3 Å². The topological polar surface area (TPSA) is 79.5 Å². The van der Waals surface area contributed by atoms with Gasteiger partial charge in [-0.15, -0.1) is 0 Å². The van der Waals surface area contributed by atoms with Crippen LogP contribution in [0, 0.1) is 0 Å². The first-order chi connectivity index (χ1) is 9.10. The Labute approximate surface area is 110 Å². The van der Waals surface area contributed by atoms with E-state index in [2.05, 4.69) is 16.0 Å². The summed E-state index contributed by atoms with van der Waals surface area (Å²) in [6, 6.07) is 3.68. The highest BCUT2D eigenvalue weighted by Crippen LogP contribution is 2.41. The first kappa shape index (κ1) is 11.8. The van der Waals surface area contributed by atoms with Crippen LogP contribution in [0.5, 0.6) is 0 Å². The zero-order chi connectivity index (χ0) is 13.6. The predicted molar refractivity (Wildman–Crippen MR) is 71.2 cm³/mol. The summed E-state index contributed by atoms with van der Waals surface area (Å²) in [4.78, 5) is 23.8. The Morgan fingerprint density at radius 2 is 1.95 bits per heavy atom. The molecule has 0 aliphatic carbocycles. The largest absolute Gasteiger partial charge is 0.465 e. The molecule has 2 unspecified atom stereocenters. The molecule has 19 heavy (non-hydrogen) atoms. The Bertz CT molecular complexity index is 570. The van der Waals surface area contributed by atoms with Crippen molar-refractivity contribution in [3.8, 4) is 0 Å². The summed E-state index contributed by atoms with van der Waals surface area (Å²) >= 11 is 0. The van der Waals surface area contributed by atoms with Gasteiger partial charge in [0.2, 0.25) is 5.91 Å². The normalized spacial score (nSPS) is 22.9. The third-order valence-electron chi connectivity index (χ3n) is 3.29. The highest BCUT2D eigenvalue weighted by atomic mass is 16.5. The lowest BCUT2D eigenvalue weighted by atomic mass is 10.00. The summed E-state index contributed by atoms with van der Waals surface area (Å²) in [5.41, 5.74) is 3.17. The molecule has 0 spiro atoms. The van der Waals surface area contributed by atoms with Crippen LogP contribution in [0.2, 0.25) is 0 Å². The average Bonchev–Trinajstić information content (AvgIpc) is 2.83. The summed E-state index contributed by atoms with van der Waals surface area (Å²) in [5, 5.41) is 9.19. The molecule has 1 aromatic carbocycles. The van der Waals surface area contributed by atoms with Gasteiger partial charge in [-0.1, -0.05) is 0 Å². The second kappa shape index (κ2) is 4.15. The lowest BCUT2D eigenvalue weighted by Gasteiger charge is -2.09. The first-order valence-corrected chi connectivity index (χ1v) is 6.28. The zero-order valence-corrected chi connectivity index (χ0v) is 10.7. The standard InChI is InChI=1S/C13H15N3O3/c1-3-19-13(18)11-7-4-9-10(15-6(2)14-9)5-8(7)16-12(11)17/h4-6,11,14-15H,3H2,1-2H3,(H,16,17). The molecule has 1 aromatic rings. The molecule has 6 nitrogen and oxygen atoms in total. The van der Waals surface area contributed by atoms with Crippen molar-refractivity contribution in [2.75, 3.05) is 22.6 Å². The molecule has 0 aromatic heterocycles. The van der Waals surface area contributed by atoms with Crippen LogP contribution in [0.1, 0.15) is 25.3 Å². The van der Waals surface area contributed by atoms with Crippen molar-refractivity contribution in [3.63, 3.8) is 0 Å². The number of rotatable bonds is 2. The Morgan fingerprint density at radius 1 is 1.26 bits per heavy atom. The SMILES string of the molecule is CCOC(=O)C1C(=O)Nc2cc3c(cc21)NC(C)N3. The van der Waals surface area contributed by atoms with Crippen LogP contribution in [-0.4, -0.2) is 24.6 Å². The second-order valence-electron chi connectivity index (χ2n) is 4.67. The molecule has 2 aliphatic heterocycles. The molecule has 2 atom stereocenters. The Balaban J connectivity index is 2.00. The Kier molecular flexibility index (Phi) is 2.58. The molecule has 1 amide bonds. The molecule has 2 aliphatic rings. The van der Waals surface area contributed by atoms with Crippen molar-refractivity contribution in [1.29, 1.82) is 0 Å². The number of carbonyl (C=O) groups excluding carboxylic acids is 2. The molecule has 2 heterocycles. The monoisotopic (exact) mass is 261 g/mol. The number of fused-ring (bicyclic) bond motifs is 2. The van der Waals surface area contributed by atoms with E-state index in [-0.39, 0.29) is 18.7 Å². The molecule has 0 bridgehead atoms. The molecule has 6 heteroatoms. The van der Waals surface area contributed by atoms with Crippen LogP contribution >= 0.6 is 0 Å². The van der Waals surface area contributed by atoms with Gasteiger partial charge in [-0.25, -0.2) is 0 Å². The average molecular weight is 261 g/mol. The molecule has 3 rings (SSSR count). The number of anilines is 3. The quantitative estimate of drug-likeness (QED) is 0.555. The van der Waals surface area contributed by atoms with E-state index in [0.29, 0.717) is 11.3 Å². The van der Waals surface area contributed by atoms with Gasteiger partial charge in [0.15, 0.2) is 5.92 Å². The molecular weight excluding hydrogens is 246 g/mol. The third-order valence-corrected chi connectivity index (χ3v) is 3.29. The number of ether oxygens (including phenoxy) is 1. The van der Waals surface area contributed by atoms with E-state index >= 15 is 0 Å². The van der Waals surface area contributed by atoms with E-state index in [1.54, 1.807) is 6.92 Å². The lowest BCUT2D eigenvalue weighted by Crippen LogP contribution is -2.23. The number of amides is 1. The molecule has 0 radical (unpaired) electrons. The van der Waals surface area contributed by atoms with Crippen molar-refractivity contribution in [2.24, 2.45) is 0 Å². The van der Waals surface area contributed by atoms with E-state index in [1.165, 1.54) is 0 Å². The van der Waals surface area contributed by atoms with Gasteiger partial charge in [0.1, 0.15) is 0 Å². The number of esters is 1. The minimum Gasteiger partial charge on any atom is -0.465 e. The van der Waals surface area contributed by atoms with Gasteiger partial charge >= 0.3 is 5.97 Å². The van der Waals surface area contributed by atoms with Gasteiger partial charge < -0.3 is 20.7 Å².